The van der Waals surface area contributed by atoms with Crippen LogP contribution < -0.4 is 0 Å². The fourth-order valence-electron chi connectivity index (χ4n) is 1.86. The molecule has 0 spiro atoms. The standard InChI is InChI=1S/C11H13NO5S2/c13-10(19(15,16)17)9-7-18-11(14)12(9)6-8-4-2-1-3-5-8/h1-5,9-10,13H,6-7H2,(H,15,16,17)/t9-,10+/m0/s1. The van der Waals surface area contributed by atoms with Crippen molar-refractivity contribution in [3.05, 3.63) is 35.9 Å². The minimum Gasteiger partial charge on any atom is -0.373 e. The van der Waals surface area contributed by atoms with Crippen molar-refractivity contribution < 1.29 is 22.9 Å². The van der Waals surface area contributed by atoms with Crippen molar-refractivity contribution in [2.75, 3.05) is 5.75 Å². The fourth-order valence-corrected chi connectivity index (χ4v) is 3.66. The number of aliphatic hydroxyl groups excluding tert-OH is 1. The van der Waals surface area contributed by atoms with Gasteiger partial charge in [-0.05, 0) is 5.56 Å². The Morgan fingerprint density at radius 1 is 1.37 bits per heavy atom. The highest BCUT2D eigenvalue weighted by molar-refractivity contribution is 8.13. The van der Waals surface area contributed by atoms with Gasteiger partial charge < -0.3 is 10.0 Å². The molecule has 1 fully saturated rings. The smallest absolute Gasteiger partial charge is 0.294 e. The predicted octanol–water partition coefficient (Wildman–Crippen LogP) is 0.930. The Balaban J connectivity index is 2.19. The molecule has 0 saturated carbocycles. The van der Waals surface area contributed by atoms with E-state index in [0.29, 0.717) is 0 Å². The second kappa shape index (κ2) is 5.49. The Labute approximate surface area is 115 Å². The summed E-state index contributed by atoms with van der Waals surface area (Å²) in [5, 5.41) is 9.30. The van der Waals surface area contributed by atoms with Gasteiger partial charge in [0, 0.05) is 12.3 Å². The Bertz CT molecular complexity index is 560. The molecule has 0 aromatic heterocycles. The Kier molecular flexibility index (Phi) is 4.14. The highest BCUT2D eigenvalue weighted by Crippen LogP contribution is 2.29. The number of carbonyl (C=O) groups excluding carboxylic acids is 1. The first-order chi connectivity index (χ1) is 8.89. The predicted molar refractivity (Wildman–Crippen MR) is 71.2 cm³/mol. The molecule has 0 aliphatic carbocycles. The Morgan fingerprint density at radius 2 is 2.00 bits per heavy atom. The topological polar surface area (TPSA) is 94.9 Å². The van der Waals surface area contributed by atoms with Crippen LogP contribution in [0.15, 0.2) is 30.3 Å². The lowest BCUT2D eigenvalue weighted by molar-refractivity contribution is 0.130. The summed E-state index contributed by atoms with van der Waals surface area (Å²) in [6.07, 6.45) is 0. The van der Waals surface area contributed by atoms with Gasteiger partial charge in [-0.1, -0.05) is 42.1 Å². The van der Waals surface area contributed by atoms with E-state index < -0.39 is 21.6 Å². The first-order valence-electron chi connectivity index (χ1n) is 5.51. The van der Waals surface area contributed by atoms with Gasteiger partial charge in [0.05, 0.1) is 6.04 Å². The van der Waals surface area contributed by atoms with Crippen LogP contribution in [0.4, 0.5) is 4.79 Å². The number of hydrogen-bond donors (Lipinski definition) is 2. The number of benzene rings is 1. The van der Waals surface area contributed by atoms with Crippen LogP contribution >= 0.6 is 11.8 Å². The summed E-state index contributed by atoms with van der Waals surface area (Å²) in [5.74, 6) is 0.132. The van der Waals surface area contributed by atoms with E-state index >= 15 is 0 Å². The number of rotatable bonds is 4. The van der Waals surface area contributed by atoms with Crippen LogP contribution in [-0.4, -0.2) is 45.4 Å². The zero-order chi connectivity index (χ0) is 14.0. The van der Waals surface area contributed by atoms with Gasteiger partial charge in [-0.25, -0.2) is 0 Å². The molecular formula is C11H13NO5S2. The number of carbonyl (C=O) groups is 1. The summed E-state index contributed by atoms with van der Waals surface area (Å²) in [6, 6.07) is 8.09. The Hall–Kier alpha value is -1.09. The molecule has 8 heteroatoms. The molecule has 1 aliphatic heterocycles. The summed E-state index contributed by atoms with van der Waals surface area (Å²) < 4.78 is 30.9. The quantitative estimate of drug-likeness (QED) is 0.804. The van der Waals surface area contributed by atoms with Gasteiger partial charge in [-0.3, -0.25) is 9.35 Å². The molecule has 1 saturated heterocycles. The molecule has 0 radical (unpaired) electrons. The SMILES string of the molecule is O=C1SC[C@@H]([C@H](O)S(=O)(=O)O)N1Cc1ccccc1. The van der Waals surface area contributed by atoms with Gasteiger partial charge in [0.15, 0.2) is 0 Å². The number of aliphatic hydroxyl groups is 1. The van der Waals surface area contributed by atoms with Crippen LogP contribution in [-0.2, 0) is 16.7 Å². The number of thioether (sulfide) groups is 1. The van der Waals surface area contributed by atoms with Crippen molar-refractivity contribution >= 4 is 27.1 Å². The third kappa shape index (κ3) is 3.27. The lowest BCUT2D eigenvalue weighted by Crippen LogP contribution is -2.45. The van der Waals surface area contributed by atoms with Gasteiger partial charge in [-0.2, -0.15) is 8.42 Å². The molecule has 1 aliphatic rings. The molecule has 1 amide bonds. The van der Waals surface area contributed by atoms with Crippen LogP contribution in [0.5, 0.6) is 0 Å². The van der Waals surface area contributed by atoms with Crippen LogP contribution in [0.1, 0.15) is 5.56 Å². The Morgan fingerprint density at radius 3 is 2.58 bits per heavy atom. The van der Waals surface area contributed by atoms with E-state index in [1.54, 1.807) is 24.3 Å². The third-order valence-electron chi connectivity index (χ3n) is 2.84. The first-order valence-corrected chi connectivity index (χ1v) is 8.00. The first kappa shape index (κ1) is 14.3. The highest BCUT2D eigenvalue weighted by atomic mass is 32.2. The normalized spacial score (nSPS) is 21.7. The molecular weight excluding hydrogens is 290 g/mol. The minimum absolute atomic E-state index is 0.132. The van der Waals surface area contributed by atoms with Gasteiger partial charge in [0.25, 0.3) is 15.4 Å². The van der Waals surface area contributed by atoms with Gasteiger partial charge in [0.1, 0.15) is 0 Å². The second-order valence-corrected chi connectivity index (χ2v) is 6.65. The molecule has 19 heavy (non-hydrogen) atoms. The number of hydrogen-bond acceptors (Lipinski definition) is 5. The largest absolute Gasteiger partial charge is 0.373 e. The molecule has 1 heterocycles. The van der Waals surface area contributed by atoms with Crippen molar-refractivity contribution in [1.82, 2.24) is 4.90 Å². The second-order valence-electron chi connectivity index (χ2n) is 4.16. The summed E-state index contributed by atoms with van der Waals surface area (Å²) in [5.41, 5.74) is -1.15. The van der Waals surface area contributed by atoms with Crippen molar-refractivity contribution in [3.63, 3.8) is 0 Å². The molecule has 2 atom stereocenters. The van der Waals surface area contributed by atoms with Crippen molar-refractivity contribution in [2.24, 2.45) is 0 Å². The highest BCUT2D eigenvalue weighted by Gasteiger charge is 2.41. The fraction of sp³-hybridized carbons (Fsp3) is 0.364. The van der Waals surface area contributed by atoms with Gasteiger partial charge >= 0.3 is 0 Å². The lowest BCUT2D eigenvalue weighted by atomic mass is 10.2. The zero-order valence-electron chi connectivity index (χ0n) is 9.84. The van der Waals surface area contributed by atoms with E-state index in [1.165, 1.54) is 4.90 Å². The van der Waals surface area contributed by atoms with E-state index in [9.17, 15) is 18.3 Å². The monoisotopic (exact) mass is 303 g/mol. The molecule has 0 unspecified atom stereocenters. The molecule has 1 aromatic carbocycles. The van der Waals surface area contributed by atoms with Gasteiger partial charge in [0.2, 0.25) is 5.44 Å². The summed E-state index contributed by atoms with van der Waals surface area (Å²) in [4.78, 5) is 13.0. The van der Waals surface area contributed by atoms with Crippen LogP contribution in [0.25, 0.3) is 0 Å². The summed E-state index contributed by atoms with van der Waals surface area (Å²) in [6.45, 7) is 0.198. The number of nitrogens with zero attached hydrogens (tertiary/aromatic N) is 1. The van der Waals surface area contributed by atoms with Crippen LogP contribution in [0, 0.1) is 0 Å². The molecule has 2 rings (SSSR count). The molecule has 2 N–H and O–H groups in total. The third-order valence-corrected chi connectivity index (χ3v) is 4.76. The number of amides is 1. The minimum atomic E-state index is -4.59. The maximum atomic E-state index is 11.7. The van der Waals surface area contributed by atoms with Gasteiger partial charge in [-0.15, -0.1) is 0 Å². The van der Waals surface area contributed by atoms with Crippen LogP contribution in [0.2, 0.25) is 0 Å². The zero-order valence-corrected chi connectivity index (χ0v) is 11.5. The maximum absolute atomic E-state index is 11.7. The van der Waals surface area contributed by atoms with E-state index in [2.05, 4.69) is 0 Å². The average molecular weight is 303 g/mol. The average Bonchev–Trinajstić information content (AvgIpc) is 2.70. The molecule has 104 valence electrons. The van der Waals surface area contributed by atoms with E-state index in [4.69, 9.17) is 4.55 Å². The lowest BCUT2D eigenvalue weighted by Gasteiger charge is -2.26. The summed E-state index contributed by atoms with van der Waals surface area (Å²) >= 11 is 0.929. The van der Waals surface area contributed by atoms with E-state index in [0.717, 1.165) is 17.3 Å². The molecule has 0 bridgehead atoms. The van der Waals surface area contributed by atoms with Crippen molar-refractivity contribution in [3.8, 4) is 0 Å². The van der Waals surface area contributed by atoms with Crippen molar-refractivity contribution in [2.45, 2.75) is 18.0 Å². The van der Waals surface area contributed by atoms with E-state index in [-0.39, 0.29) is 17.5 Å². The molecule has 1 aromatic rings. The summed E-state index contributed by atoms with van der Waals surface area (Å²) in [7, 11) is -4.59. The molecule has 6 nitrogen and oxygen atoms in total. The maximum Gasteiger partial charge on any atom is 0.294 e. The van der Waals surface area contributed by atoms with Crippen molar-refractivity contribution in [1.29, 1.82) is 0 Å². The van der Waals surface area contributed by atoms with E-state index in [1.807, 2.05) is 6.07 Å². The van der Waals surface area contributed by atoms with Crippen LogP contribution in [0.3, 0.4) is 0 Å².